The van der Waals surface area contributed by atoms with Crippen molar-refractivity contribution in [3.05, 3.63) is 35.9 Å². The quantitative estimate of drug-likeness (QED) is 0.884. The molecule has 0 atom stereocenters. The van der Waals surface area contributed by atoms with E-state index < -0.39 is 0 Å². The van der Waals surface area contributed by atoms with Gasteiger partial charge in [0.05, 0.1) is 5.84 Å². The topological polar surface area (TPSA) is 24.4 Å². The summed E-state index contributed by atoms with van der Waals surface area (Å²) in [5, 5.41) is 3.43. The van der Waals surface area contributed by atoms with E-state index in [2.05, 4.69) is 34.6 Å². The number of halogens is 1. The van der Waals surface area contributed by atoms with Gasteiger partial charge in [0.1, 0.15) is 0 Å². The van der Waals surface area contributed by atoms with Crippen LogP contribution in [0.5, 0.6) is 0 Å². The molecule has 0 aliphatic carbocycles. The zero-order valence-electron chi connectivity index (χ0n) is 9.48. The lowest BCUT2D eigenvalue weighted by molar-refractivity contribution is 0.728. The highest BCUT2D eigenvalue weighted by atomic mass is 79.9. The average Bonchev–Trinajstić information content (AvgIpc) is 2.56. The van der Waals surface area contributed by atoms with Gasteiger partial charge < -0.3 is 5.32 Å². The van der Waals surface area contributed by atoms with Crippen LogP contribution >= 0.6 is 17.0 Å². The van der Waals surface area contributed by atoms with Crippen molar-refractivity contribution in [2.75, 3.05) is 6.54 Å². The Morgan fingerprint density at radius 1 is 1.06 bits per heavy atom. The summed E-state index contributed by atoms with van der Waals surface area (Å²) in [5.41, 5.74) is 1.32. The predicted octanol–water partition coefficient (Wildman–Crippen LogP) is 3.33. The van der Waals surface area contributed by atoms with Crippen LogP contribution in [0.1, 0.15) is 31.2 Å². The lowest BCUT2D eigenvalue weighted by Gasteiger charge is -2.07. The number of nitrogens with zero attached hydrogens (tertiary/aromatic N) is 1. The number of rotatable bonds is 2. The molecule has 88 valence electrons. The number of hydrogen-bond acceptors (Lipinski definition) is 2. The monoisotopic (exact) mass is 282 g/mol. The molecule has 1 aliphatic rings. The van der Waals surface area contributed by atoms with Gasteiger partial charge in [0.25, 0.3) is 0 Å². The van der Waals surface area contributed by atoms with Gasteiger partial charge in [0, 0.05) is 19.5 Å². The van der Waals surface area contributed by atoms with Crippen molar-refractivity contribution >= 4 is 22.8 Å². The second-order valence-corrected chi connectivity index (χ2v) is 3.98. The molecule has 0 bridgehead atoms. The average molecular weight is 283 g/mol. The minimum absolute atomic E-state index is 0. The molecule has 1 N–H and O–H groups in total. The zero-order valence-corrected chi connectivity index (χ0v) is 11.2. The summed E-state index contributed by atoms with van der Waals surface area (Å²) in [6.45, 7) is 1.90. The van der Waals surface area contributed by atoms with Crippen LogP contribution in [-0.4, -0.2) is 12.4 Å². The maximum absolute atomic E-state index is 4.54. The Bertz CT molecular complexity index is 322. The van der Waals surface area contributed by atoms with Crippen molar-refractivity contribution in [3.8, 4) is 0 Å². The van der Waals surface area contributed by atoms with Crippen LogP contribution in [0.4, 0.5) is 0 Å². The maximum atomic E-state index is 4.54. The second-order valence-electron chi connectivity index (χ2n) is 3.98. The summed E-state index contributed by atoms with van der Waals surface area (Å²) in [6.07, 6.45) is 4.96. The Kier molecular flexibility index (Phi) is 6.16. The molecule has 1 heterocycles. The molecule has 0 fully saturated rings. The molecular weight excluding hydrogens is 264 g/mol. The molecule has 0 radical (unpaired) electrons. The first-order valence-electron chi connectivity index (χ1n) is 5.76. The Morgan fingerprint density at radius 2 is 1.88 bits per heavy atom. The van der Waals surface area contributed by atoms with Crippen molar-refractivity contribution < 1.29 is 0 Å². The highest BCUT2D eigenvalue weighted by Gasteiger charge is 2.03. The van der Waals surface area contributed by atoms with Crippen molar-refractivity contribution in [3.63, 3.8) is 0 Å². The molecule has 0 unspecified atom stereocenters. The SMILES string of the molecule is Br.c1ccc(CNC2=NCCCCC2)cc1. The third kappa shape index (κ3) is 4.35. The van der Waals surface area contributed by atoms with Crippen LogP contribution in [0.25, 0.3) is 0 Å². The molecule has 1 aliphatic heterocycles. The third-order valence-corrected chi connectivity index (χ3v) is 2.71. The Hall–Kier alpha value is -0.830. The molecule has 1 aromatic rings. The van der Waals surface area contributed by atoms with Gasteiger partial charge in [-0.15, -0.1) is 17.0 Å². The van der Waals surface area contributed by atoms with Gasteiger partial charge in [-0.2, -0.15) is 0 Å². The molecule has 0 amide bonds. The van der Waals surface area contributed by atoms with Crippen LogP contribution in [0, 0.1) is 0 Å². The van der Waals surface area contributed by atoms with E-state index in [1.165, 1.54) is 30.7 Å². The van der Waals surface area contributed by atoms with Gasteiger partial charge in [-0.25, -0.2) is 0 Å². The van der Waals surface area contributed by atoms with E-state index >= 15 is 0 Å². The molecule has 2 rings (SSSR count). The van der Waals surface area contributed by atoms with Gasteiger partial charge in [-0.05, 0) is 18.4 Å². The van der Waals surface area contributed by atoms with Crippen LogP contribution in [0.3, 0.4) is 0 Å². The molecule has 0 aromatic heterocycles. The minimum Gasteiger partial charge on any atom is -0.370 e. The molecule has 0 saturated carbocycles. The first-order valence-corrected chi connectivity index (χ1v) is 5.76. The van der Waals surface area contributed by atoms with E-state index in [-0.39, 0.29) is 17.0 Å². The third-order valence-electron chi connectivity index (χ3n) is 2.71. The van der Waals surface area contributed by atoms with Crippen LogP contribution in [-0.2, 0) is 6.54 Å². The van der Waals surface area contributed by atoms with E-state index in [1.807, 2.05) is 6.07 Å². The summed E-state index contributed by atoms with van der Waals surface area (Å²) in [6, 6.07) is 10.5. The van der Waals surface area contributed by atoms with E-state index in [0.717, 1.165) is 19.5 Å². The molecule has 16 heavy (non-hydrogen) atoms. The smallest absolute Gasteiger partial charge is 0.0965 e. The fourth-order valence-electron chi connectivity index (χ4n) is 1.82. The van der Waals surface area contributed by atoms with Crippen molar-refractivity contribution in [1.82, 2.24) is 5.32 Å². The van der Waals surface area contributed by atoms with Crippen molar-refractivity contribution in [2.24, 2.45) is 4.99 Å². The summed E-state index contributed by atoms with van der Waals surface area (Å²) >= 11 is 0. The summed E-state index contributed by atoms with van der Waals surface area (Å²) in [4.78, 5) is 4.54. The Balaban J connectivity index is 0.00000128. The first kappa shape index (κ1) is 13.2. The molecule has 0 spiro atoms. The number of amidine groups is 1. The second kappa shape index (κ2) is 7.44. The zero-order chi connectivity index (χ0) is 10.3. The molecule has 0 saturated heterocycles. The van der Waals surface area contributed by atoms with Crippen molar-refractivity contribution in [2.45, 2.75) is 32.2 Å². The number of nitrogens with one attached hydrogen (secondary N) is 1. The Morgan fingerprint density at radius 3 is 2.69 bits per heavy atom. The van der Waals surface area contributed by atoms with Gasteiger partial charge in [0.2, 0.25) is 0 Å². The highest BCUT2D eigenvalue weighted by Crippen LogP contribution is 2.06. The molecule has 3 heteroatoms. The van der Waals surface area contributed by atoms with E-state index in [9.17, 15) is 0 Å². The van der Waals surface area contributed by atoms with E-state index in [1.54, 1.807) is 0 Å². The highest BCUT2D eigenvalue weighted by molar-refractivity contribution is 8.93. The number of hydrogen-bond donors (Lipinski definition) is 1. The number of aliphatic imine (C=N–C) groups is 1. The first-order chi connectivity index (χ1) is 7.45. The van der Waals surface area contributed by atoms with Crippen LogP contribution in [0.2, 0.25) is 0 Å². The fourth-order valence-corrected chi connectivity index (χ4v) is 1.82. The normalized spacial score (nSPS) is 15.6. The van der Waals surface area contributed by atoms with Gasteiger partial charge in [-0.1, -0.05) is 36.8 Å². The number of benzene rings is 1. The van der Waals surface area contributed by atoms with E-state index in [4.69, 9.17) is 0 Å². The van der Waals surface area contributed by atoms with Gasteiger partial charge in [-0.3, -0.25) is 4.99 Å². The Labute approximate surface area is 108 Å². The lowest BCUT2D eigenvalue weighted by atomic mass is 10.2. The molecule has 2 nitrogen and oxygen atoms in total. The largest absolute Gasteiger partial charge is 0.370 e. The standard InChI is InChI=1S/C13H18N2.BrH/c1-3-7-12(8-4-1)11-15-13-9-5-2-6-10-14-13;/h1,3-4,7-8H,2,5-6,9-11H2,(H,14,15);1H. The maximum Gasteiger partial charge on any atom is 0.0965 e. The molecule has 1 aromatic carbocycles. The van der Waals surface area contributed by atoms with Crippen LogP contribution < -0.4 is 5.32 Å². The minimum atomic E-state index is 0. The summed E-state index contributed by atoms with van der Waals surface area (Å²) in [7, 11) is 0. The van der Waals surface area contributed by atoms with Crippen LogP contribution in [0.15, 0.2) is 35.3 Å². The van der Waals surface area contributed by atoms with Gasteiger partial charge in [0.15, 0.2) is 0 Å². The summed E-state index contributed by atoms with van der Waals surface area (Å²) < 4.78 is 0. The summed E-state index contributed by atoms with van der Waals surface area (Å²) in [5.74, 6) is 1.19. The van der Waals surface area contributed by atoms with E-state index in [0.29, 0.717) is 0 Å². The van der Waals surface area contributed by atoms with Gasteiger partial charge >= 0.3 is 0 Å². The lowest BCUT2D eigenvalue weighted by Crippen LogP contribution is -2.22. The molecular formula is C13H19BrN2. The van der Waals surface area contributed by atoms with Crippen molar-refractivity contribution in [1.29, 1.82) is 0 Å². The fraction of sp³-hybridized carbons (Fsp3) is 0.462. The predicted molar refractivity (Wildman–Crippen MR) is 74.4 cm³/mol.